The van der Waals surface area contributed by atoms with E-state index in [1.165, 1.54) is 25.2 Å². The molecule has 0 bridgehead atoms. The molecule has 0 unspecified atom stereocenters. The van der Waals surface area contributed by atoms with Gasteiger partial charge in [0.25, 0.3) is 11.5 Å². The van der Waals surface area contributed by atoms with Crippen LogP contribution in [-0.4, -0.2) is 30.1 Å². The molecule has 1 aliphatic carbocycles. The van der Waals surface area contributed by atoms with E-state index in [1.807, 2.05) is 0 Å². The molecule has 1 fully saturated rings. The summed E-state index contributed by atoms with van der Waals surface area (Å²) in [5.41, 5.74) is 0.190. The SMILES string of the molecule is O=C(NCCOC1CCCC1)c1ccc(-c2ccco2)[nH]c1=O. The molecule has 0 spiro atoms. The van der Waals surface area contributed by atoms with Crippen LogP contribution in [-0.2, 0) is 4.74 Å². The molecule has 0 atom stereocenters. The summed E-state index contributed by atoms with van der Waals surface area (Å²) in [6.07, 6.45) is 6.48. The second-order valence-corrected chi connectivity index (χ2v) is 5.63. The second-order valence-electron chi connectivity index (χ2n) is 5.63. The second kappa shape index (κ2) is 7.28. The summed E-state index contributed by atoms with van der Waals surface area (Å²) < 4.78 is 10.9. The minimum absolute atomic E-state index is 0.0844. The molecule has 2 N–H and O–H groups in total. The summed E-state index contributed by atoms with van der Waals surface area (Å²) in [6.45, 7) is 0.869. The third kappa shape index (κ3) is 3.90. The van der Waals surface area contributed by atoms with Gasteiger partial charge >= 0.3 is 0 Å². The molecular formula is C17H20N2O4. The van der Waals surface area contributed by atoms with Crippen LogP contribution < -0.4 is 10.9 Å². The monoisotopic (exact) mass is 316 g/mol. The Kier molecular flexibility index (Phi) is 4.92. The largest absolute Gasteiger partial charge is 0.463 e. The smallest absolute Gasteiger partial charge is 0.261 e. The van der Waals surface area contributed by atoms with Gasteiger partial charge in [-0.05, 0) is 37.1 Å². The van der Waals surface area contributed by atoms with Gasteiger partial charge in [0.2, 0.25) is 0 Å². The van der Waals surface area contributed by atoms with Crippen molar-refractivity contribution in [3.63, 3.8) is 0 Å². The summed E-state index contributed by atoms with van der Waals surface area (Å²) in [7, 11) is 0. The number of carbonyl (C=O) groups is 1. The number of aromatic amines is 1. The molecule has 0 aromatic carbocycles. The highest BCUT2D eigenvalue weighted by Crippen LogP contribution is 2.20. The number of nitrogens with one attached hydrogen (secondary N) is 2. The first-order valence-corrected chi connectivity index (χ1v) is 7.91. The van der Waals surface area contributed by atoms with Crippen LogP contribution in [0.5, 0.6) is 0 Å². The molecule has 0 radical (unpaired) electrons. The fourth-order valence-electron chi connectivity index (χ4n) is 2.77. The summed E-state index contributed by atoms with van der Waals surface area (Å²) in [5.74, 6) is 0.159. The zero-order chi connectivity index (χ0) is 16.1. The molecule has 1 saturated carbocycles. The van der Waals surface area contributed by atoms with Crippen molar-refractivity contribution in [2.75, 3.05) is 13.2 Å². The molecule has 6 nitrogen and oxygen atoms in total. The number of furan rings is 1. The van der Waals surface area contributed by atoms with Gasteiger partial charge in [-0.3, -0.25) is 9.59 Å². The van der Waals surface area contributed by atoms with E-state index in [0.29, 0.717) is 30.7 Å². The zero-order valence-corrected chi connectivity index (χ0v) is 12.8. The maximum atomic E-state index is 12.0. The van der Waals surface area contributed by atoms with Gasteiger partial charge in [-0.2, -0.15) is 0 Å². The number of amides is 1. The van der Waals surface area contributed by atoms with Gasteiger partial charge in [-0.25, -0.2) is 0 Å². The first-order valence-electron chi connectivity index (χ1n) is 7.91. The number of hydrogen-bond donors (Lipinski definition) is 2. The Morgan fingerprint density at radius 2 is 2.13 bits per heavy atom. The summed E-state index contributed by atoms with van der Waals surface area (Å²) in [5, 5.41) is 2.71. The van der Waals surface area contributed by atoms with Crippen molar-refractivity contribution in [3.8, 4) is 11.5 Å². The van der Waals surface area contributed by atoms with Crippen molar-refractivity contribution in [1.29, 1.82) is 0 Å². The topological polar surface area (TPSA) is 84.3 Å². The lowest BCUT2D eigenvalue weighted by atomic mass is 10.2. The van der Waals surface area contributed by atoms with Gasteiger partial charge in [-0.1, -0.05) is 12.8 Å². The summed E-state index contributed by atoms with van der Waals surface area (Å²) >= 11 is 0. The van der Waals surface area contributed by atoms with Crippen LogP contribution in [0.1, 0.15) is 36.0 Å². The summed E-state index contributed by atoms with van der Waals surface area (Å²) in [6, 6.07) is 6.64. The fourth-order valence-corrected chi connectivity index (χ4v) is 2.77. The summed E-state index contributed by atoms with van der Waals surface area (Å²) in [4.78, 5) is 26.7. The Hall–Kier alpha value is -2.34. The number of hydrogen-bond acceptors (Lipinski definition) is 4. The lowest BCUT2D eigenvalue weighted by Crippen LogP contribution is -2.32. The number of carbonyl (C=O) groups excluding carboxylic acids is 1. The average molecular weight is 316 g/mol. The Balaban J connectivity index is 1.53. The lowest BCUT2D eigenvalue weighted by molar-refractivity contribution is 0.0581. The first kappa shape index (κ1) is 15.6. The van der Waals surface area contributed by atoms with Crippen LogP contribution in [0.4, 0.5) is 0 Å². The zero-order valence-electron chi connectivity index (χ0n) is 12.8. The third-order valence-electron chi connectivity index (χ3n) is 3.98. The van der Waals surface area contributed by atoms with Crippen LogP contribution in [0.25, 0.3) is 11.5 Å². The molecule has 0 saturated heterocycles. The minimum Gasteiger partial charge on any atom is -0.463 e. The minimum atomic E-state index is -0.437. The Labute approximate surface area is 133 Å². The Morgan fingerprint density at radius 3 is 2.83 bits per heavy atom. The van der Waals surface area contributed by atoms with Crippen LogP contribution in [0, 0.1) is 0 Å². The highest BCUT2D eigenvalue weighted by atomic mass is 16.5. The van der Waals surface area contributed by atoms with Crippen LogP contribution in [0.15, 0.2) is 39.7 Å². The Bertz CT molecular complexity index is 700. The maximum Gasteiger partial charge on any atom is 0.261 e. The normalized spacial score (nSPS) is 15.0. The highest BCUT2D eigenvalue weighted by molar-refractivity contribution is 5.94. The van der Waals surface area contributed by atoms with E-state index in [-0.39, 0.29) is 5.56 Å². The highest BCUT2D eigenvalue weighted by Gasteiger charge is 2.15. The molecule has 3 rings (SSSR count). The molecule has 2 aromatic heterocycles. The van der Waals surface area contributed by atoms with E-state index in [2.05, 4.69) is 10.3 Å². The Morgan fingerprint density at radius 1 is 1.30 bits per heavy atom. The fraction of sp³-hybridized carbons (Fsp3) is 0.412. The lowest BCUT2D eigenvalue weighted by Gasteiger charge is -2.11. The van der Waals surface area contributed by atoms with Crippen molar-refractivity contribution in [1.82, 2.24) is 10.3 Å². The van der Waals surface area contributed by atoms with Crippen molar-refractivity contribution in [2.45, 2.75) is 31.8 Å². The van der Waals surface area contributed by atoms with Crippen LogP contribution in [0.3, 0.4) is 0 Å². The van der Waals surface area contributed by atoms with E-state index in [4.69, 9.17) is 9.15 Å². The molecule has 2 aromatic rings. The van der Waals surface area contributed by atoms with Gasteiger partial charge in [0.1, 0.15) is 11.3 Å². The van der Waals surface area contributed by atoms with Gasteiger partial charge in [0.15, 0.2) is 0 Å². The molecule has 23 heavy (non-hydrogen) atoms. The average Bonchev–Trinajstić information content (AvgIpc) is 3.24. The van der Waals surface area contributed by atoms with E-state index < -0.39 is 11.5 Å². The molecule has 0 aliphatic heterocycles. The first-order chi connectivity index (χ1) is 11.2. The van der Waals surface area contributed by atoms with Crippen molar-refractivity contribution in [3.05, 3.63) is 46.4 Å². The molecular weight excluding hydrogens is 296 g/mol. The van der Waals surface area contributed by atoms with Gasteiger partial charge in [0, 0.05) is 6.54 Å². The van der Waals surface area contributed by atoms with Gasteiger partial charge in [-0.15, -0.1) is 0 Å². The van der Waals surface area contributed by atoms with Crippen molar-refractivity contribution in [2.24, 2.45) is 0 Å². The molecule has 1 aliphatic rings. The van der Waals surface area contributed by atoms with Crippen molar-refractivity contribution < 1.29 is 13.9 Å². The van der Waals surface area contributed by atoms with E-state index in [9.17, 15) is 9.59 Å². The van der Waals surface area contributed by atoms with Crippen LogP contribution >= 0.6 is 0 Å². The maximum absolute atomic E-state index is 12.0. The number of pyridine rings is 1. The number of H-pyrrole nitrogens is 1. The van der Waals surface area contributed by atoms with E-state index in [0.717, 1.165) is 12.8 Å². The van der Waals surface area contributed by atoms with Gasteiger partial charge in [0.05, 0.1) is 24.7 Å². The predicted molar refractivity (Wildman–Crippen MR) is 85.3 cm³/mol. The standard InChI is InChI=1S/C17H20N2O4/c20-16(18-9-11-22-12-4-1-2-5-12)13-7-8-14(19-17(13)21)15-6-3-10-23-15/h3,6-8,10,12H,1-2,4-5,9,11H2,(H,18,20)(H,19,21). The number of ether oxygens (including phenoxy) is 1. The quantitative estimate of drug-likeness (QED) is 0.801. The van der Waals surface area contributed by atoms with E-state index in [1.54, 1.807) is 18.2 Å². The van der Waals surface area contributed by atoms with E-state index >= 15 is 0 Å². The van der Waals surface area contributed by atoms with Crippen LogP contribution in [0.2, 0.25) is 0 Å². The third-order valence-corrected chi connectivity index (χ3v) is 3.98. The van der Waals surface area contributed by atoms with Crippen molar-refractivity contribution >= 4 is 5.91 Å². The molecule has 6 heteroatoms. The number of aromatic nitrogens is 1. The molecule has 122 valence electrons. The number of rotatable bonds is 6. The molecule has 2 heterocycles. The molecule has 1 amide bonds. The van der Waals surface area contributed by atoms with Gasteiger partial charge < -0.3 is 19.5 Å². The predicted octanol–water partition coefficient (Wildman–Crippen LogP) is 2.32.